The van der Waals surface area contributed by atoms with Crippen LogP contribution in [0.15, 0.2) is 77.4 Å². The number of rotatable bonds is 8. The van der Waals surface area contributed by atoms with Crippen molar-refractivity contribution in [2.75, 3.05) is 20.7 Å². The molecule has 2 N–H and O–H groups in total. The molecule has 1 unspecified atom stereocenters. The number of carbonyl (C=O) groups is 1. The third-order valence-corrected chi connectivity index (χ3v) is 4.41. The highest BCUT2D eigenvalue weighted by Crippen LogP contribution is 2.24. The largest absolute Gasteiger partial charge is 0.497 e. The molecular formula is C22H25N2O3+. The van der Waals surface area contributed by atoms with Crippen molar-refractivity contribution in [1.82, 2.24) is 5.32 Å². The van der Waals surface area contributed by atoms with Crippen LogP contribution in [0.1, 0.15) is 22.9 Å². The topological polar surface area (TPSA) is 55.9 Å². The molecular weight excluding hydrogens is 340 g/mol. The number of amides is 1. The Balaban J connectivity index is 1.71. The molecule has 27 heavy (non-hydrogen) atoms. The van der Waals surface area contributed by atoms with Gasteiger partial charge in [0.25, 0.3) is 5.91 Å². The van der Waals surface area contributed by atoms with Crippen molar-refractivity contribution in [1.29, 1.82) is 0 Å². The van der Waals surface area contributed by atoms with Crippen molar-refractivity contribution in [3.05, 3.63) is 89.9 Å². The third kappa shape index (κ3) is 5.21. The molecule has 1 amide bonds. The molecule has 5 heteroatoms. The molecule has 0 spiro atoms. The highest BCUT2D eigenvalue weighted by atomic mass is 16.5. The van der Waals surface area contributed by atoms with Crippen molar-refractivity contribution in [2.24, 2.45) is 0 Å². The number of benzene rings is 2. The highest BCUT2D eigenvalue weighted by Gasteiger charge is 2.19. The van der Waals surface area contributed by atoms with Crippen molar-refractivity contribution >= 4 is 5.91 Å². The van der Waals surface area contributed by atoms with Crippen LogP contribution < -0.4 is 15.0 Å². The molecule has 3 rings (SSSR count). The Labute approximate surface area is 159 Å². The first-order valence-corrected chi connectivity index (χ1v) is 8.97. The van der Waals surface area contributed by atoms with Gasteiger partial charge in [-0.1, -0.05) is 42.5 Å². The molecule has 0 saturated heterocycles. The molecule has 0 aliphatic rings. The van der Waals surface area contributed by atoms with E-state index >= 15 is 0 Å². The fourth-order valence-electron chi connectivity index (χ4n) is 3.06. The Morgan fingerprint density at radius 2 is 1.74 bits per heavy atom. The number of likely N-dealkylation sites (N-methyl/N-ethyl adjacent to an activating group) is 1. The Morgan fingerprint density at radius 1 is 1.04 bits per heavy atom. The molecule has 5 nitrogen and oxygen atoms in total. The summed E-state index contributed by atoms with van der Waals surface area (Å²) in [5.41, 5.74) is 2.05. The maximum Gasteiger partial charge on any atom is 0.275 e. The van der Waals surface area contributed by atoms with Gasteiger partial charge in [0, 0.05) is 0 Å². The van der Waals surface area contributed by atoms with Crippen LogP contribution in [0.5, 0.6) is 5.75 Å². The number of quaternary nitrogens is 1. The number of methoxy groups -OCH3 is 1. The lowest BCUT2D eigenvalue weighted by Crippen LogP contribution is -3.08. The Hall–Kier alpha value is -3.05. The highest BCUT2D eigenvalue weighted by molar-refractivity contribution is 5.77. The van der Waals surface area contributed by atoms with Gasteiger partial charge in [-0.15, -0.1) is 0 Å². The third-order valence-electron chi connectivity index (χ3n) is 4.41. The number of hydrogen-bond acceptors (Lipinski definition) is 3. The predicted octanol–water partition coefficient (Wildman–Crippen LogP) is 2.21. The standard InChI is InChI=1S/C22H24N2O3/c1-24(15-20-9-6-14-27-20)16-21(25)23-22(17-7-4-3-5-8-17)18-10-12-19(26-2)13-11-18/h3-14,22H,15-16H2,1-2H3,(H,23,25)/p+1/t22-/m1/s1. The van der Waals surface area contributed by atoms with Crippen molar-refractivity contribution in [2.45, 2.75) is 12.6 Å². The van der Waals surface area contributed by atoms with Gasteiger partial charge >= 0.3 is 0 Å². The molecule has 2 aromatic carbocycles. The summed E-state index contributed by atoms with van der Waals surface area (Å²) in [5.74, 6) is 1.65. The van der Waals surface area contributed by atoms with Crippen molar-refractivity contribution in [3.8, 4) is 5.75 Å². The summed E-state index contributed by atoms with van der Waals surface area (Å²) in [6.07, 6.45) is 1.65. The lowest BCUT2D eigenvalue weighted by molar-refractivity contribution is -0.886. The minimum absolute atomic E-state index is 0.0104. The zero-order valence-electron chi connectivity index (χ0n) is 15.6. The van der Waals surface area contributed by atoms with E-state index in [9.17, 15) is 4.79 Å². The summed E-state index contributed by atoms with van der Waals surface area (Å²) in [6, 6.07) is 21.3. The molecule has 0 bridgehead atoms. The van der Waals surface area contributed by atoms with Gasteiger partial charge in [0.1, 0.15) is 12.3 Å². The van der Waals surface area contributed by atoms with E-state index < -0.39 is 0 Å². The molecule has 0 aliphatic heterocycles. The summed E-state index contributed by atoms with van der Waals surface area (Å²) in [4.78, 5) is 13.7. The van der Waals surface area contributed by atoms with Crippen LogP contribution in [-0.2, 0) is 11.3 Å². The number of ether oxygens (including phenoxy) is 1. The number of furan rings is 1. The molecule has 0 fully saturated rings. The van der Waals surface area contributed by atoms with E-state index in [2.05, 4.69) is 5.32 Å². The molecule has 3 aromatic rings. The second kappa shape index (κ2) is 9.05. The van der Waals surface area contributed by atoms with E-state index in [1.165, 1.54) is 0 Å². The number of nitrogens with one attached hydrogen (secondary N) is 2. The first-order valence-electron chi connectivity index (χ1n) is 8.97. The summed E-state index contributed by atoms with van der Waals surface area (Å²) in [6.45, 7) is 1.03. The lowest BCUT2D eigenvalue weighted by atomic mass is 9.98. The second-order valence-corrected chi connectivity index (χ2v) is 6.57. The van der Waals surface area contributed by atoms with E-state index in [0.717, 1.165) is 27.5 Å². The molecule has 1 heterocycles. The quantitative estimate of drug-likeness (QED) is 0.644. The first-order chi connectivity index (χ1) is 13.2. The molecule has 2 atom stereocenters. The van der Waals surface area contributed by atoms with Gasteiger partial charge in [-0.05, 0) is 35.4 Å². The number of hydrogen-bond donors (Lipinski definition) is 2. The smallest absolute Gasteiger partial charge is 0.275 e. The maximum atomic E-state index is 12.7. The predicted molar refractivity (Wildman–Crippen MR) is 104 cm³/mol. The van der Waals surface area contributed by atoms with Gasteiger partial charge < -0.3 is 19.4 Å². The van der Waals surface area contributed by atoms with E-state index in [4.69, 9.17) is 9.15 Å². The van der Waals surface area contributed by atoms with Crippen LogP contribution in [0.2, 0.25) is 0 Å². The maximum absolute atomic E-state index is 12.7. The minimum atomic E-state index is -0.207. The van der Waals surface area contributed by atoms with Crippen molar-refractivity contribution < 1.29 is 18.8 Å². The van der Waals surface area contributed by atoms with Gasteiger partial charge in [0.2, 0.25) is 0 Å². The van der Waals surface area contributed by atoms with E-state index in [1.807, 2.05) is 73.8 Å². The van der Waals surface area contributed by atoms with Gasteiger partial charge in [-0.25, -0.2) is 0 Å². The normalized spacial score (nSPS) is 13.0. The van der Waals surface area contributed by atoms with Crippen LogP contribution in [0.25, 0.3) is 0 Å². The monoisotopic (exact) mass is 365 g/mol. The Kier molecular flexibility index (Phi) is 6.28. The van der Waals surface area contributed by atoms with E-state index in [1.54, 1.807) is 13.4 Å². The summed E-state index contributed by atoms with van der Waals surface area (Å²) < 4.78 is 10.6. The second-order valence-electron chi connectivity index (χ2n) is 6.57. The summed E-state index contributed by atoms with van der Waals surface area (Å²) in [7, 11) is 3.62. The summed E-state index contributed by atoms with van der Waals surface area (Å²) in [5, 5.41) is 3.17. The van der Waals surface area contributed by atoms with Crippen LogP contribution in [0, 0.1) is 0 Å². The van der Waals surface area contributed by atoms with Gasteiger partial charge in [0.05, 0.1) is 26.5 Å². The van der Waals surface area contributed by atoms with Crippen LogP contribution in [-0.4, -0.2) is 26.6 Å². The van der Waals surface area contributed by atoms with Crippen LogP contribution in [0.4, 0.5) is 0 Å². The molecule has 0 aliphatic carbocycles. The zero-order valence-corrected chi connectivity index (χ0v) is 15.6. The molecule has 1 aromatic heterocycles. The Bertz CT molecular complexity index is 830. The van der Waals surface area contributed by atoms with Gasteiger partial charge in [-0.3, -0.25) is 4.79 Å². The number of carbonyl (C=O) groups excluding carboxylic acids is 1. The fraction of sp³-hybridized carbons (Fsp3) is 0.227. The first kappa shape index (κ1) is 18.7. The van der Waals surface area contributed by atoms with Crippen LogP contribution >= 0.6 is 0 Å². The minimum Gasteiger partial charge on any atom is -0.497 e. The van der Waals surface area contributed by atoms with Crippen molar-refractivity contribution in [3.63, 3.8) is 0 Å². The van der Waals surface area contributed by atoms with E-state index in [-0.39, 0.29) is 11.9 Å². The summed E-state index contributed by atoms with van der Waals surface area (Å²) >= 11 is 0. The van der Waals surface area contributed by atoms with Gasteiger partial charge in [0.15, 0.2) is 12.3 Å². The molecule has 0 saturated carbocycles. The van der Waals surface area contributed by atoms with Crippen LogP contribution in [0.3, 0.4) is 0 Å². The van der Waals surface area contributed by atoms with Gasteiger partial charge in [-0.2, -0.15) is 0 Å². The Morgan fingerprint density at radius 3 is 2.37 bits per heavy atom. The fourth-order valence-corrected chi connectivity index (χ4v) is 3.06. The lowest BCUT2D eigenvalue weighted by Gasteiger charge is -2.21. The average Bonchev–Trinajstić information content (AvgIpc) is 3.19. The molecule has 140 valence electrons. The SMILES string of the molecule is COc1ccc([C@H](NC(=O)C[NH+](C)Cc2ccco2)c2ccccc2)cc1. The van der Waals surface area contributed by atoms with E-state index in [0.29, 0.717) is 13.1 Å². The average molecular weight is 365 g/mol. The molecule has 0 radical (unpaired) electrons. The zero-order chi connectivity index (χ0) is 19.1.